The van der Waals surface area contributed by atoms with Gasteiger partial charge in [0.1, 0.15) is 16.5 Å². The molecule has 0 saturated heterocycles. The van der Waals surface area contributed by atoms with Gasteiger partial charge in [-0.25, -0.2) is 12.8 Å². The van der Waals surface area contributed by atoms with Crippen LogP contribution in [0, 0.1) is 5.82 Å². The molecule has 1 N–H and O–H groups in total. The Labute approximate surface area is 140 Å². The third-order valence-corrected chi connectivity index (χ3v) is 4.67. The van der Waals surface area contributed by atoms with Gasteiger partial charge in [0.05, 0.1) is 23.4 Å². The summed E-state index contributed by atoms with van der Waals surface area (Å²) in [6, 6.07) is 4.91. The summed E-state index contributed by atoms with van der Waals surface area (Å²) in [5.74, 6) is -1.03. The van der Waals surface area contributed by atoms with Gasteiger partial charge < -0.3 is 4.74 Å². The van der Waals surface area contributed by atoms with E-state index in [1.54, 1.807) is 0 Å². The molecule has 0 radical (unpaired) electrons. The number of nitrogens with one attached hydrogen (secondary N) is 1. The zero-order valence-corrected chi connectivity index (χ0v) is 13.6. The van der Waals surface area contributed by atoms with Gasteiger partial charge in [0, 0.05) is 0 Å². The average molecular weight is 384 g/mol. The third kappa shape index (κ3) is 3.90. The molecule has 0 unspecified atom stereocenters. The largest absolute Gasteiger partial charge is 0.495 e. The molecule has 0 fully saturated rings. The van der Waals surface area contributed by atoms with Crippen molar-refractivity contribution in [2.75, 3.05) is 11.8 Å². The highest BCUT2D eigenvalue weighted by Crippen LogP contribution is 2.35. The van der Waals surface area contributed by atoms with Gasteiger partial charge >= 0.3 is 6.18 Å². The van der Waals surface area contributed by atoms with Crippen LogP contribution >= 0.6 is 11.6 Å². The number of alkyl halides is 3. The van der Waals surface area contributed by atoms with Gasteiger partial charge in [0.25, 0.3) is 10.0 Å². The average Bonchev–Trinajstić information content (AvgIpc) is 2.48. The second kappa shape index (κ2) is 6.48. The van der Waals surface area contributed by atoms with E-state index in [9.17, 15) is 26.0 Å². The summed E-state index contributed by atoms with van der Waals surface area (Å²) in [5.41, 5.74) is -1.58. The van der Waals surface area contributed by atoms with Crippen LogP contribution in [0.5, 0.6) is 5.75 Å². The number of halogens is 5. The van der Waals surface area contributed by atoms with Crippen molar-refractivity contribution in [3.8, 4) is 5.75 Å². The van der Waals surface area contributed by atoms with Gasteiger partial charge in [0.2, 0.25) is 0 Å². The lowest BCUT2D eigenvalue weighted by Gasteiger charge is -2.14. The van der Waals surface area contributed by atoms with E-state index in [2.05, 4.69) is 0 Å². The van der Waals surface area contributed by atoms with Crippen LogP contribution in [-0.4, -0.2) is 15.5 Å². The predicted molar refractivity (Wildman–Crippen MR) is 80.2 cm³/mol. The second-order valence-corrected chi connectivity index (χ2v) is 6.65. The number of sulfonamides is 1. The molecule has 2 rings (SSSR count). The van der Waals surface area contributed by atoms with Crippen LogP contribution in [0.4, 0.5) is 23.2 Å². The quantitative estimate of drug-likeness (QED) is 0.800. The first-order valence-electron chi connectivity index (χ1n) is 6.27. The van der Waals surface area contributed by atoms with Crippen molar-refractivity contribution in [2.24, 2.45) is 0 Å². The minimum atomic E-state index is -4.68. The molecule has 0 aliphatic carbocycles. The fourth-order valence-corrected chi connectivity index (χ4v) is 3.31. The van der Waals surface area contributed by atoms with Gasteiger partial charge in [-0.15, -0.1) is 0 Å². The number of rotatable bonds is 4. The zero-order valence-electron chi connectivity index (χ0n) is 12.0. The Morgan fingerprint density at radius 1 is 1.12 bits per heavy atom. The molecule has 0 aliphatic heterocycles. The van der Waals surface area contributed by atoms with E-state index in [1.807, 2.05) is 4.72 Å². The lowest BCUT2D eigenvalue weighted by molar-refractivity contribution is -0.137. The van der Waals surface area contributed by atoms with E-state index in [0.29, 0.717) is 18.2 Å². The Kier molecular flexibility index (Phi) is 4.95. The summed E-state index contributed by atoms with van der Waals surface area (Å²) in [6.07, 6.45) is -4.68. The normalized spacial score (nSPS) is 12.1. The standard InChI is InChI=1S/C14H10ClF4NO3S/c1-23-12-5-3-9(16)7-13(12)24(21,22)20-11-6-8(14(17,18)19)2-4-10(11)15/h2-7,20H,1H3. The van der Waals surface area contributed by atoms with Crippen molar-refractivity contribution in [3.63, 3.8) is 0 Å². The van der Waals surface area contributed by atoms with Gasteiger partial charge in [0.15, 0.2) is 0 Å². The summed E-state index contributed by atoms with van der Waals surface area (Å²) >= 11 is 5.75. The van der Waals surface area contributed by atoms with Gasteiger partial charge in [-0.3, -0.25) is 4.72 Å². The SMILES string of the molecule is COc1ccc(F)cc1S(=O)(=O)Nc1cc(C(F)(F)F)ccc1Cl. The molecule has 130 valence electrons. The minimum Gasteiger partial charge on any atom is -0.495 e. The minimum absolute atomic E-state index is 0.174. The van der Waals surface area contributed by atoms with E-state index in [0.717, 1.165) is 18.2 Å². The summed E-state index contributed by atoms with van der Waals surface area (Å²) in [7, 11) is -3.26. The lowest BCUT2D eigenvalue weighted by Crippen LogP contribution is -2.15. The first kappa shape index (κ1) is 18.3. The Morgan fingerprint density at radius 3 is 2.38 bits per heavy atom. The molecule has 0 saturated carbocycles. The topological polar surface area (TPSA) is 55.4 Å². The van der Waals surface area contributed by atoms with Crippen LogP contribution in [-0.2, 0) is 16.2 Å². The molecule has 0 heterocycles. The number of hydrogen-bond acceptors (Lipinski definition) is 3. The fourth-order valence-electron chi connectivity index (χ4n) is 1.84. The number of anilines is 1. The lowest BCUT2D eigenvalue weighted by atomic mass is 10.2. The van der Waals surface area contributed by atoms with Crippen LogP contribution in [0.1, 0.15) is 5.56 Å². The first-order chi connectivity index (χ1) is 11.0. The molecule has 0 bridgehead atoms. The highest BCUT2D eigenvalue weighted by atomic mass is 35.5. The third-order valence-electron chi connectivity index (χ3n) is 2.95. The van der Waals surface area contributed by atoms with Gasteiger partial charge in [-0.05, 0) is 36.4 Å². The monoisotopic (exact) mass is 383 g/mol. The van der Waals surface area contributed by atoms with E-state index < -0.39 is 38.2 Å². The van der Waals surface area contributed by atoms with Crippen LogP contribution in [0.3, 0.4) is 0 Å². The molecule has 0 spiro atoms. The highest BCUT2D eigenvalue weighted by molar-refractivity contribution is 7.92. The Balaban J connectivity index is 2.49. The Hall–Kier alpha value is -2.00. The number of methoxy groups -OCH3 is 1. The first-order valence-corrected chi connectivity index (χ1v) is 8.14. The van der Waals surface area contributed by atoms with Gasteiger partial charge in [-0.1, -0.05) is 11.6 Å². The summed E-state index contributed by atoms with van der Waals surface area (Å²) in [4.78, 5) is -0.571. The van der Waals surface area contributed by atoms with Crippen molar-refractivity contribution >= 4 is 27.3 Å². The Bertz CT molecular complexity index is 869. The molecule has 2 aromatic carbocycles. The molecule has 4 nitrogen and oxygen atoms in total. The maximum absolute atomic E-state index is 13.3. The summed E-state index contributed by atoms with van der Waals surface area (Å²) < 4.78 is 83.0. The molecular weight excluding hydrogens is 374 g/mol. The zero-order chi connectivity index (χ0) is 18.1. The smallest absolute Gasteiger partial charge is 0.416 e. The van der Waals surface area contributed by atoms with Crippen molar-refractivity contribution in [1.82, 2.24) is 0 Å². The summed E-state index contributed by atoms with van der Waals surface area (Å²) in [6.45, 7) is 0. The van der Waals surface area contributed by atoms with Crippen LogP contribution in [0.25, 0.3) is 0 Å². The maximum atomic E-state index is 13.3. The predicted octanol–water partition coefficient (Wildman–Crippen LogP) is 4.31. The van der Waals surface area contributed by atoms with E-state index in [-0.39, 0.29) is 10.8 Å². The Morgan fingerprint density at radius 2 is 1.79 bits per heavy atom. The van der Waals surface area contributed by atoms with Crippen LogP contribution in [0.2, 0.25) is 5.02 Å². The highest BCUT2D eigenvalue weighted by Gasteiger charge is 2.31. The van der Waals surface area contributed by atoms with Crippen molar-refractivity contribution in [1.29, 1.82) is 0 Å². The molecule has 0 amide bonds. The molecule has 2 aromatic rings. The second-order valence-electron chi connectivity index (χ2n) is 4.59. The molecular formula is C14H10ClF4NO3S. The maximum Gasteiger partial charge on any atom is 0.416 e. The molecule has 0 aromatic heterocycles. The number of hydrogen-bond donors (Lipinski definition) is 1. The van der Waals surface area contributed by atoms with E-state index >= 15 is 0 Å². The fraction of sp³-hybridized carbons (Fsp3) is 0.143. The molecule has 10 heteroatoms. The molecule has 24 heavy (non-hydrogen) atoms. The van der Waals surface area contributed by atoms with Crippen molar-refractivity contribution in [3.05, 3.63) is 52.8 Å². The molecule has 0 atom stereocenters. The van der Waals surface area contributed by atoms with E-state index in [4.69, 9.17) is 16.3 Å². The number of ether oxygens (including phenoxy) is 1. The van der Waals surface area contributed by atoms with Crippen molar-refractivity contribution < 1.29 is 30.7 Å². The number of benzene rings is 2. The van der Waals surface area contributed by atoms with Crippen LogP contribution < -0.4 is 9.46 Å². The van der Waals surface area contributed by atoms with Gasteiger partial charge in [-0.2, -0.15) is 13.2 Å². The molecule has 0 aliphatic rings. The van der Waals surface area contributed by atoms with Crippen molar-refractivity contribution in [2.45, 2.75) is 11.1 Å². The summed E-state index contributed by atoms with van der Waals surface area (Å²) in [5, 5.41) is -0.248. The van der Waals surface area contributed by atoms with Crippen LogP contribution in [0.15, 0.2) is 41.3 Å². The van der Waals surface area contributed by atoms with E-state index in [1.165, 1.54) is 7.11 Å².